The molecule has 6 rings (SSSR count). The van der Waals surface area contributed by atoms with Crippen LogP contribution in [0.25, 0.3) is 42.8 Å². The number of nitrogens with two attached hydrogens (primary N) is 1. The normalized spacial score (nSPS) is 11.2. The molecule has 45 heavy (non-hydrogen) atoms. The van der Waals surface area contributed by atoms with Crippen LogP contribution in [0, 0.1) is 25.5 Å². The number of halogens is 2. The van der Waals surface area contributed by atoms with Gasteiger partial charge in [-0.1, -0.05) is 12.6 Å². The van der Waals surface area contributed by atoms with Crippen LogP contribution in [-0.4, -0.2) is 30.6 Å². The highest BCUT2D eigenvalue weighted by molar-refractivity contribution is 7.23. The third-order valence-corrected chi connectivity index (χ3v) is 8.40. The Morgan fingerprint density at radius 3 is 2.53 bits per heavy atom. The zero-order valence-electron chi connectivity index (χ0n) is 24.8. The van der Waals surface area contributed by atoms with Crippen molar-refractivity contribution in [1.29, 1.82) is 0 Å². The third-order valence-electron chi connectivity index (χ3n) is 7.14. The number of benzene rings is 2. The minimum atomic E-state index is -0.814. The van der Waals surface area contributed by atoms with Crippen molar-refractivity contribution in [2.45, 2.75) is 20.8 Å². The largest absolute Gasteiger partial charge is 0.421 e. The number of hydrogen-bond donors (Lipinski definition) is 2. The minimum Gasteiger partial charge on any atom is -0.421 e. The Morgan fingerprint density at radius 2 is 1.84 bits per heavy atom. The molecular formula is C33H27F2N7O2S. The molecule has 1 amide bonds. The minimum absolute atomic E-state index is 0.0258. The van der Waals surface area contributed by atoms with E-state index in [0.29, 0.717) is 32.8 Å². The molecule has 9 nitrogen and oxygen atoms in total. The van der Waals surface area contributed by atoms with Crippen molar-refractivity contribution >= 4 is 38.8 Å². The third kappa shape index (κ3) is 5.63. The van der Waals surface area contributed by atoms with Gasteiger partial charge < -0.3 is 15.8 Å². The van der Waals surface area contributed by atoms with Crippen molar-refractivity contribution in [2.75, 3.05) is 11.1 Å². The van der Waals surface area contributed by atoms with Gasteiger partial charge in [0.1, 0.15) is 11.6 Å². The molecule has 0 radical (unpaired) electrons. The molecule has 0 spiro atoms. The molecule has 0 fully saturated rings. The number of nitrogen functional groups attached to an aromatic ring is 1. The van der Waals surface area contributed by atoms with Gasteiger partial charge in [-0.3, -0.25) is 9.48 Å². The summed E-state index contributed by atoms with van der Waals surface area (Å²) in [6, 6.07) is 9.00. The van der Waals surface area contributed by atoms with Gasteiger partial charge in [0.15, 0.2) is 11.6 Å². The highest BCUT2D eigenvalue weighted by Crippen LogP contribution is 2.51. The summed E-state index contributed by atoms with van der Waals surface area (Å²) >= 11 is 1.38. The molecular weight excluding hydrogens is 596 g/mol. The number of amides is 1. The van der Waals surface area contributed by atoms with Gasteiger partial charge in [-0.15, -0.1) is 11.3 Å². The first kappa shape index (κ1) is 29.6. The Balaban J connectivity index is 1.57. The molecule has 6 aromatic rings. The molecule has 0 saturated heterocycles. The fraction of sp³-hybridized carbons (Fsp3) is 0.121. The van der Waals surface area contributed by atoms with Crippen LogP contribution in [-0.2, 0) is 11.8 Å². The smallest absolute Gasteiger partial charge is 0.322 e. The van der Waals surface area contributed by atoms with Gasteiger partial charge in [0.25, 0.3) is 5.91 Å². The summed E-state index contributed by atoms with van der Waals surface area (Å²) in [5.41, 5.74) is 11.4. The lowest BCUT2D eigenvalue weighted by molar-refractivity contribution is -0.112. The number of nitrogens with zero attached hydrogens (tertiary/aromatic N) is 5. The molecule has 12 heteroatoms. The van der Waals surface area contributed by atoms with Gasteiger partial charge in [0.05, 0.1) is 6.20 Å². The van der Waals surface area contributed by atoms with Crippen molar-refractivity contribution in [3.05, 3.63) is 96.2 Å². The van der Waals surface area contributed by atoms with Gasteiger partial charge in [0, 0.05) is 85.9 Å². The fourth-order valence-corrected chi connectivity index (χ4v) is 6.39. The van der Waals surface area contributed by atoms with E-state index in [1.807, 2.05) is 25.3 Å². The average molecular weight is 624 g/mol. The summed E-state index contributed by atoms with van der Waals surface area (Å²) in [5, 5.41) is 7.58. The van der Waals surface area contributed by atoms with E-state index in [9.17, 15) is 4.79 Å². The quantitative estimate of drug-likeness (QED) is 0.176. The van der Waals surface area contributed by atoms with Crippen LogP contribution in [0.15, 0.2) is 73.3 Å². The maximum Gasteiger partial charge on any atom is 0.322 e. The lowest BCUT2D eigenvalue weighted by Crippen LogP contribution is -2.11. The van der Waals surface area contributed by atoms with Crippen molar-refractivity contribution in [2.24, 2.45) is 7.05 Å². The van der Waals surface area contributed by atoms with E-state index in [4.69, 9.17) is 10.5 Å². The summed E-state index contributed by atoms with van der Waals surface area (Å²) in [6.45, 7) is 8.91. The van der Waals surface area contributed by atoms with E-state index in [0.717, 1.165) is 39.1 Å². The number of ether oxygens (including phenoxy) is 1. The molecule has 0 aliphatic carbocycles. The van der Waals surface area contributed by atoms with Crippen LogP contribution in [0.2, 0.25) is 0 Å². The van der Waals surface area contributed by atoms with Gasteiger partial charge >= 0.3 is 6.01 Å². The number of carbonyl (C=O) groups excluding carboxylic acids is 1. The molecule has 226 valence electrons. The first-order valence-electron chi connectivity index (χ1n) is 13.7. The van der Waals surface area contributed by atoms with E-state index in [1.54, 1.807) is 50.1 Å². The fourth-order valence-electron chi connectivity index (χ4n) is 4.94. The van der Waals surface area contributed by atoms with Crippen LogP contribution in [0.4, 0.5) is 20.3 Å². The second-order valence-corrected chi connectivity index (χ2v) is 11.6. The van der Waals surface area contributed by atoms with Crippen LogP contribution < -0.4 is 15.8 Å². The van der Waals surface area contributed by atoms with Crippen molar-refractivity contribution < 1.29 is 18.3 Å². The van der Waals surface area contributed by atoms with Gasteiger partial charge in [-0.2, -0.15) is 5.10 Å². The summed E-state index contributed by atoms with van der Waals surface area (Å²) in [5.74, 6) is -2.06. The number of anilines is 2. The number of rotatable bonds is 7. The number of pyridine rings is 1. The first-order valence-corrected chi connectivity index (χ1v) is 14.6. The molecule has 0 aliphatic rings. The van der Waals surface area contributed by atoms with E-state index in [-0.39, 0.29) is 29.0 Å². The lowest BCUT2D eigenvalue weighted by Gasteiger charge is -2.13. The van der Waals surface area contributed by atoms with Crippen molar-refractivity contribution in [3.8, 4) is 44.5 Å². The van der Waals surface area contributed by atoms with Gasteiger partial charge in [-0.25, -0.2) is 23.7 Å². The monoisotopic (exact) mass is 623 g/mol. The number of aromatic nitrogens is 5. The number of hydrogen-bond acceptors (Lipinski definition) is 8. The molecule has 2 aromatic carbocycles. The lowest BCUT2D eigenvalue weighted by atomic mass is 9.95. The van der Waals surface area contributed by atoms with E-state index >= 15 is 8.78 Å². The van der Waals surface area contributed by atoms with Crippen LogP contribution in [0.5, 0.6) is 11.8 Å². The maximum absolute atomic E-state index is 16.1. The van der Waals surface area contributed by atoms with Crippen LogP contribution in [0.3, 0.4) is 0 Å². The molecule has 4 heterocycles. The van der Waals surface area contributed by atoms with Crippen molar-refractivity contribution in [3.63, 3.8) is 0 Å². The predicted octanol–water partition coefficient (Wildman–Crippen LogP) is 7.60. The number of aryl methyl sites for hydroxylation is 3. The van der Waals surface area contributed by atoms with Crippen molar-refractivity contribution in [1.82, 2.24) is 24.7 Å². The van der Waals surface area contributed by atoms with E-state index < -0.39 is 11.6 Å². The average Bonchev–Trinajstić information content (AvgIpc) is 3.59. The summed E-state index contributed by atoms with van der Waals surface area (Å²) in [6.07, 6.45) is 6.67. The predicted molar refractivity (Wildman–Crippen MR) is 172 cm³/mol. The summed E-state index contributed by atoms with van der Waals surface area (Å²) < 4.78 is 39.7. The molecule has 0 unspecified atom stereocenters. The summed E-state index contributed by atoms with van der Waals surface area (Å²) in [7, 11) is 1.80. The van der Waals surface area contributed by atoms with Crippen LogP contribution in [0.1, 0.15) is 18.2 Å². The first-order chi connectivity index (χ1) is 21.5. The number of carbonyl (C=O) groups is 1. The zero-order chi connectivity index (χ0) is 32.0. The molecule has 3 N–H and O–H groups in total. The Bertz CT molecular complexity index is 2160. The standard InChI is InChI=1S/C33H27F2N7O2S/c1-16(2)32(43)41-20-6-7-21(17(3)10-20)29-27(28-30(45-29)23(14-38-31(28)36)19-13-39-42(5)15-19)22-11-25(35)26(12-24(22)34)44-33-37-9-8-18(4)40-33/h6-15H,1H2,2-5H3,(H2,36,38)(H,41,43). The highest BCUT2D eigenvalue weighted by atomic mass is 32.1. The van der Waals surface area contributed by atoms with Gasteiger partial charge in [-0.05, 0) is 56.2 Å². The Morgan fingerprint density at radius 1 is 1.04 bits per heavy atom. The second kappa shape index (κ2) is 11.5. The number of nitrogens with one attached hydrogen (secondary N) is 1. The maximum atomic E-state index is 16.1. The Labute approximate surface area is 261 Å². The molecule has 0 saturated carbocycles. The van der Waals surface area contributed by atoms with Gasteiger partial charge in [0.2, 0.25) is 0 Å². The molecule has 4 aromatic heterocycles. The number of thiophene rings is 1. The highest BCUT2D eigenvalue weighted by Gasteiger charge is 2.26. The van der Waals surface area contributed by atoms with E-state index in [1.165, 1.54) is 17.5 Å². The Kier molecular flexibility index (Phi) is 7.59. The second-order valence-electron chi connectivity index (χ2n) is 10.6. The topological polar surface area (TPSA) is 121 Å². The zero-order valence-corrected chi connectivity index (χ0v) is 25.6. The number of fused-ring (bicyclic) bond motifs is 1. The van der Waals surface area contributed by atoms with Crippen LogP contribution >= 0.6 is 11.3 Å². The molecule has 0 aliphatic heterocycles. The molecule has 0 bridgehead atoms. The van der Waals surface area contributed by atoms with E-state index in [2.05, 4.69) is 31.9 Å². The molecule has 0 atom stereocenters. The Hall–Kier alpha value is -5.49. The SMILES string of the molecule is C=C(C)C(=O)Nc1ccc(-c2sc3c(-c4cnn(C)c4)cnc(N)c3c2-c2cc(F)c(Oc3nccc(C)n3)cc2F)c(C)c1. The summed E-state index contributed by atoms with van der Waals surface area (Å²) in [4.78, 5) is 25.4.